The molecule has 4 heterocycles. The summed E-state index contributed by atoms with van der Waals surface area (Å²) in [6.45, 7) is 4.89. The zero-order valence-corrected chi connectivity index (χ0v) is 20.8. The first kappa shape index (κ1) is 24.1. The summed E-state index contributed by atoms with van der Waals surface area (Å²) in [5.74, 6) is 0.802. The van der Waals surface area contributed by atoms with Crippen LogP contribution in [-0.2, 0) is 16.3 Å². The Hall–Kier alpha value is -3.24. The van der Waals surface area contributed by atoms with Crippen molar-refractivity contribution in [3.05, 3.63) is 64.0 Å². The third-order valence-electron chi connectivity index (χ3n) is 7.50. The second-order valence-electron chi connectivity index (χ2n) is 9.94. The van der Waals surface area contributed by atoms with Gasteiger partial charge in [-0.05, 0) is 56.4 Å². The van der Waals surface area contributed by atoms with Gasteiger partial charge in [0.25, 0.3) is 0 Å². The van der Waals surface area contributed by atoms with Crippen LogP contribution in [0.5, 0.6) is 0 Å². The summed E-state index contributed by atoms with van der Waals surface area (Å²) in [7, 11) is 0. The number of halogens is 4. The Bertz CT molecular complexity index is 1570. The zero-order chi connectivity index (χ0) is 26.1. The first-order chi connectivity index (χ1) is 17.6. The summed E-state index contributed by atoms with van der Waals surface area (Å²) in [4.78, 5) is 24.7. The largest absolute Gasteiger partial charge is 0.434 e. The van der Waals surface area contributed by atoms with Crippen LogP contribution in [0, 0.1) is 12.8 Å². The van der Waals surface area contributed by atoms with E-state index >= 15 is 0 Å². The van der Waals surface area contributed by atoms with Crippen molar-refractivity contribution < 1.29 is 22.7 Å². The van der Waals surface area contributed by atoms with E-state index in [1.807, 2.05) is 26.0 Å². The smallest absolute Gasteiger partial charge is 0.381 e. The molecule has 3 unspecified atom stereocenters. The van der Waals surface area contributed by atoms with Crippen molar-refractivity contribution in [2.45, 2.75) is 44.3 Å². The molecule has 2 aliphatic rings. The summed E-state index contributed by atoms with van der Waals surface area (Å²) in [5.41, 5.74) is 1.82. The van der Waals surface area contributed by atoms with Crippen molar-refractivity contribution in [2.24, 2.45) is 5.92 Å². The fourth-order valence-corrected chi connectivity index (χ4v) is 5.71. The van der Waals surface area contributed by atoms with Crippen LogP contribution in [-0.4, -0.2) is 38.9 Å². The van der Waals surface area contributed by atoms with E-state index in [1.165, 1.54) is 4.40 Å². The molecule has 11 heteroatoms. The number of benzene rings is 1. The molecular formula is C26H23ClF3N5O2. The summed E-state index contributed by atoms with van der Waals surface area (Å²) >= 11 is 5.94. The van der Waals surface area contributed by atoms with Crippen molar-refractivity contribution in [1.82, 2.24) is 19.4 Å². The molecule has 0 bridgehead atoms. The minimum absolute atomic E-state index is 0.164. The average Bonchev–Trinajstić information content (AvgIpc) is 3.43. The van der Waals surface area contributed by atoms with Gasteiger partial charge in [0.05, 0.1) is 23.9 Å². The molecule has 1 saturated heterocycles. The minimum atomic E-state index is -4.58. The highest BCUT2D eigenvalue weighted by molar-refractivity contribution is 6.29. The molecule has 192 valence electrons. The van der Waals surface area contributed by atoms with Crippen LogP contribution >= 0.6 is 11.6 Å². The van der Waals surface area contributed by atoms with Gasteiger partial charge in [0.15, 0.2) is 12.0 Å². The average molecular weight is 530 g/mol. The molecule has 7 nitrogen and oxygen atoms in total. The Labute approximate surface area is 215 Å². The van der Waals surface area contributed by atoms with Gasteiger partial charge in [-0.2, -0.15) is 13.2 Å². The quantitative estimate of drug-likeness (QED) is 0.255. The van der Waals surface area contributed by atoms with Gasteiger partial charge in [-0.15, -0.1) is 0 Å². The Kier molecular flexibility index (Phi) is 5.47. The number of aldehydes is 1. The highest BCUT2D eigenvalue weighted by Gasteiger charge is 2.59. The van der Waals surface area contributed by atoms with Gasteiger partial charge < -0.3 is 10.1 Å². The standard InChI is InChI=1S/C26H23ClF3N5O2/c1-13-7-16(14(2)31-18-3-4-21(27)32-19(18)11-36)22-17(8-13)23-33-20(26(28,29)30)10-35(23)24(34-22)25-5-6-37-12-15(25)9-25/h3-4,7-8,10-11,14-15,31H,5-6,9,12H2,1-2H3. The number of carbonyl (C=O) groups excluding carboxylic acids is 1. The molecule has 3 aromatic heterocycles. The van der Waals surface area contributed by atoms with E-state index in [0.29, 0.717) is 48.3 Å². The van der Waals surface area contributed by atoms with Crippen molar-refractivity contribution >= 4 is 40.1 Å². The van der Waals surface area contributed by atoms with Crippen molar-refractivity contribution in [3.63, 3.8) is 0 Å². The molecule has 1 aliphatic heterocycles. The Morgan fingerprint density at radius 2 is 2.08 bits per heavy atom. The maximum atomic E-state index is 13.8. The molecule has 0 radical (unpaired) electrons. The maximum Gasteiger partial charge on any atom is 0.434 e. The number of pyridine rings is 1. The molecule has 0 amide bonds. The van der Waals surface area contributed by atoms with Crippen LogP contribution in [0.2, 0.25) is 5.15 Å². The number of alkyl halides is 3. The van der Waals surface area contributed by atoms with E-state index in [1.54, 1.807) is 12.1 Å². The number of anilines is 1. The van der Waals surface area contributed by atoms with Crippen LogP contribution in [0.4, 0.5) is 18.9 Å². The molecular weight excluding hydrogens is 507 g/mol. The molecule has 1 aliphatic carbocycles. The lowest BCUT2D eigenvalue weighted by molar-refractivity contribution is -0.140. The number of carbonyl (C=O) groups is 1. The topological polar surface area (TPSA) is 81.4 Å². The van der Waals surface area contributed by atoms with E-state index in [0.717, 1.165) is 23.7 Å². The predicted molar refractivity (Wildman–Crippen MR) is 132 cm³/mol. The van der Waals surface area contributed by atoms with Gasteiger partial charge >= 0.3 is 6.18 Å². The van der Waals surface area contributed by atoms with E-state index in [9.17, 15) is 18.0 Å². The van der Waals surface area contributed by atoms with E-state index < -0.39 is 11.9 Å². The van der Waals surface area contributed by atoms with E-state index in [4.69, 9.17) is 21.3 Å². The fraction of sp³-hybridized carbons (Fsp3) is 0.385. The van der Waals surface area contributed by atoms with Crippen LogP contribution < -0.4 is 5.32 Å². The second kappa shape index (κ2) is 8.39. The number of aromatic nitrogens is 4. The normalized spacial score (nSPS) is 22.2. The van der Waals surface area contributed by atoms with Gasteiger partial charge in [-0.25, -0.2) is 15.0 Å². The van der Waals surface area contributed by atoms with Crippen LogP contribution in [0.15, 0.2) is 30.5 Å². The van der Waals surface area contributed by atoms with Crippen molar-refractivity contribution in [2.75, 3.05) is 18.5 Å². The first-order valence-electron chi connectivity index (χ1n) is 12.0. The number of nitrogens with one attached hydrogen (secondary N) is 1. The number of hydrogen-bond donors (Lipinski definition) is 1. The van der Waals surface area contributed by atoms with Crippen molar-refractivity contribution in [1.29, 1.82) is 0 Å². The maximum absolute atomic E-state index is 13.8. The number of hydrogen-bond acceptors (Lipinski definition) is 6. The SMILES string of the molecule is Cc1cc(C(C)Nc2ccc(Cl)nc2C=O)c2nc(C34CCOCC3C4)n3cc(C(F)(F)F)nc3c2c1. The summed E-state index contributed by atoms with van der Waals surface area (Å²) < 4.78 is 48.4. The van der Waals surface area contributed by atoms with Gasteiger partial charge in [0.2, 0.25) is 0 Å². The first-order valence-corrected chi connectivity index (χ1v) is 12.4. The summed E-state index contributed by atoms with van der Waals surface area (Å²) in [5, 5.41) is 4.04. The lowest BCUT2D eigenvalue weighted by Crippen LogP contribution is -2.25. The van der Waals surface area contributed by atoms with E-state index in [2.05, 4.69) is 15.3 Å². The molecule has 0 spiro atoms. The van der Waals surface area contributed by atoms with Crippen molar-refractivity contribution in [3.8, 4) is 0 Å². The highest BCUT2D eigenvalue weighted by atomic mass is 35.5. The third kappa shape index (κ3) is 3.93. The molecule has 1 saturated carbocycles. The monoisotopic (exact) mass is 529 g/mol. The van der Waals surface area contributed by atoms with Gasteiger partial charge in [-0.1, -0.05) is 17.7 Å². The van der Waals surface area contributed by atoms with Crippen LogP contribution in [0.25, 0.3) is 16.6 Å². The Morgan fingerprint density at radius 3 is 2.81 bits per heavy atom. The van der Waals surface area contributed by atoms with Gasteiger partial charge in [0, 0.05) is 29.2 Å². The highest BCUT2D eigenvalue weighted by Crippen LogP contribution is 2.58. The molecule has 6 rings (SSSR count). The molecule has 3 atom stereocenters. The number of rotatable bonds is 5. The Morgan fingerprint density at radius 1 is 1.27 bits per heavy atom. The number of fused-ring (bicyclic) bond motifs is 4. The van der Waals surface area contributed by atoms with E-state index in [-0.39, 0.29) is 33.9 Å². The molecule has 4 aromatic rings. The number of nitrogens with zero attached hydrogens (tertiary/aromatic N) is 4. The van der Waals surface area contributed by atoms with Gasteiger partial charge in [0.1, 0.15) is 22.3 Å². The summed E-state index contributed by atoms with van der Waals surface area (Å²) in [6.07, 6.45) is -1.39. The Balaban J connectivity index is 1.56. The predicted octanol–water partition coefficient (Wildman–Crippen LogP) is 5.92. The second-order valence-corrected chi connectivity index (χ2v) is 10.3. The molecule has 1 aromatic carbocycles. The number of aryl methyl sites for hydroxylation is 1. The molecule has 37 heavy (non-hydrogen) atoms. The summed E-state index contributed by atoms with van der Waals surface area (Å²) in [6, 6.07) is 6.67. The zero-order valence-electron chi connectivity index (χ0n) is 20.1. The number of imidazole rings is 1. The lowest BCUT2D eigenvalue weighted by Gasteiger charge is -2.25. The number of ether oxygens (including phenoxy) is 1. The molecule has 1 N–H and O–H groups in total. The fourth-order valence-electron chi connectivity index (χ4n) is 5.56. The van der Waals surface area contributed by atoms with Crippen LogP contribution in [0.3, 0.4) is 0 Å². The van der Waals surface area contributed by atoms with Crippen LogP contribution in [0.1, 0.15) is 58.9 Å². The lowest BCUT2D eigenvalue weighted by atomic mass is 9.95. The molecule has 2 fully saturated rings. The van der Waals surface area contributed by atoms with Gasteiger partial charge in [-0.3, -0.25) is 9.20 Å². The third-order valence-corrected chi connectivity index (χ3v) is 7.71. The minimum Gasteiger partial charge on any atom is -0.381 e.